The molecule has 1 aliphatic carbocycles. The minimum Gasteiger partial charge on any atom is -0.357 e. The van der Waals surface area contributed by atoms with Crippen molar-refractivity contribution in [1.29, 1.82) is 0 Å². The van der Waals surface area contributed by atoms with E-state index in [0.717, 1.165) is 17.8 Å². The third-order valence-electron chi connectivity index (χ3n) is 3.94. The summed E-state index contributed by atoms with van der Waals surface area (Å²) in [6.45, 7) is 11.8. The van der Waals surface area contributed by atoms with Crippen LogP contribution in [-0.2, 0) is 10.8 Å². The Hall–Kier alpha value is 0.500. The van der Waals surface area contributed by atoms with Gasteiger partial charge in [0.05, 0.1) is 6.54 Å². The zero-order valence-electron chi connectivity index (χ0n) is 15.9. The molecule has 1 fully saturated rings. The number of hydrogen-bond acceptors (Lipinski definition) is 3. The number of nitrogens with zero attached hydrogens (tertiary/aromatic N) is 1. The van der Waals surface area contributed by atoms with Gasteiger partial charge in [-0.3, -0.25) is 9.20 Å². The number of thioether (sulfide) groups is 1. The van der Waals surface area contributed by atoms with Crippen LogP contribution in [0.1, 0.15) is 60.3 Å². The summed E-state index contributed by atoms with van der Waals surface area (Å²) in [6.07, 6.45) is 5.08. The van der Waals surface area contributed by atoms with E-state index in [4.69, 9.17) is 0 Å². The molecule has 0 aromatic heterocycles. The van der Waals surface area contributed by atoms with Crippen LogP contribution in [0.2, 0.25) is 0 Å². The fraction of sp³-hybridized carbons (Fsp3) is 0.941. The molecule has 24 heavy (non-hydrogen) atoms. The van der Waals surface area contributed by atoms with Gasteiger partial charge in [0.1, 0.15) is 0 Å². The first kappa shape index (κ1) is 24.5. The predicted octanol–water partition coefficient (Wildman–Crippen LogP) is 3.77. The number of hydrogen-bond donors (Lipinski definition) is 2. The lowest BCUT2D eigenvalue weighted by Gasteiger charge is -2.30. The summed E-state index contributed by atoms with van der Waals surface area (Å²) in [5.74, 6) is 2.70. The second-order valence-electron chi connectivity index (χ2n) is 7.01. The van der Waals surface area contributed by atoms with Gasteiger partial charge >= 0.3 is 0 Å². The normalized spacial score (nSPS) is 23.3. The van der Waals surface area contributed by atoms with E-state index in [0.29, 0.717) is 18.3 Å². The SMILES string of the molecule is CCNC(=NCCS(=O)C(C)(C)C)NC1CCCC(SCC)C1.I. The van der Waals surface area contributed by atoms with Gasteiger partial charge in [-0.05, 0) is 52.7 Å². The van der Waals surface area contributed by atoms with Crippen molar-refractivity contribution in [2.24, 2.45) is 4.99 Å². The van der Waals surface area contributed by atoms with E-state index in [9.17, 15) is 4.21 Å². The lowest BCUT2D eigenvalue weighted by atomic mass is 9.95. The number of aliphatic imine (C=N–C) groups is 1. The average Bonchev–Trinajstić information content (AvgIpc) is 2.47. The maximum Gasteiger partial charge on any atom is 0.191 e. The quantitative estimate of drug-likeness (QED) is 0.325. The number of rotatable bonds is 7. The summed E-state index contributed by atoms with van der Waals surface area (Å²) < 4.78 is 11.9. The highest BCUT2D eigenvalue weighted by Crippen LogP contribution is 2.28. The molecule has 1 rings (SSSR count). The number of nitrogens with one attached hydrogen (secondary N) is 2. The smallest absolute Gasteiger partial charge is 0.191 e. The Balaban J connectivity index is 0.00000529. The Bertz CT molecular complexity index is 398. The van der Waals surface area contributed by atoms with Crippen LogP contribution in [0.15, 0.2) is 4.99 Å². The van der Waals surface area contributed by atoms with Crippen LogP contribution in [0.25, 0.3) is 0 Å². The Morgan fingerprint density at radius 2 is 2.00 bits per heavy atom. The molecule has 0 aromatic carbocycles. The van der Waals surface area contributed by atoms with Crippen molar-refractivity contribution in [2.45, 2.75) is 76.3 Å². The average molecular weight is 490 g/mol. The van der Waals surface area contributed by atoms with Crippen molar-refractivity contribution in [1.82, 2.24) is 10.6 Å². The van der Waals surface area contributed by atoms with Crippen LogP contribution in [-0.4, -0.2) is 50.8 Å². The highest BCUT2D eigenvalue weighted by atomic mass is 127. The van der Waals surface area contributed by atoms with Crippen LogP contribution < -0.4 is 10.6 Å². The fourth-order valence-electron chi connectivity index (χ4n) is 2.72. The maximum atomic E-state index is 12.1. The van der Waals surface area contributed by atoms with Crippen LogP contribution in [0, 0.1) is 0 Å². The van der Waals surface area contributed by atoms with Gasteiger partial charge in [0.25, 0.3) is 0 Å². The van der Waals surface area contributed by atoms with Crippen LogP contribution >= 0.6 is 35.7 Å². The molecule has 1 aliphatic rings. The largest absolute Gasteiger partial charge is 0.357 e. The zero-order chi connectivity index (χ0) is 17.3. The van der Waals surface area contributed by atoms with Crippen LogP contribution in [0.4, 0.5) is 0 Å². The van der Waals surface area contributed by atoms with E-state index in [1.807, 2.05) is 20.8 Å². The molecule has 0 bridgehead atoms. The Morgan fingerprint density at radius 1 is 1.29 bits per heavy atom. The molecule has 1 saturated carbocycles. The van der Waals surface area contributed by atoms with Crippen molar-refractivity contribution in [3.05, 3.63) is 0 Å². The van der Waals surface area contributed by atoms with E-state index < -0.39 is 10.8 Å². The number of guanidine groups is 1. The fourth-order valence-corrected chi connectivity index (χ4v) is 4.77. The Labute approximate surface area is 172 Å². The van der Waals surface area contributed by atoms with Gasteiger partial charge in [0.15, 0.2) is 5.96 Å². The Kier molecular flexibility index (Phi) is 13.1. The van der Waals surface area contributed by atoms with Gasteiger partial charge in [0.2, 0.25) is 0 Å². The molecule has 0 saturated heterocycles. The van der Waals surface area contributed by atoms with Crippen molar-refractivity contribution >= 4 is 52.5 Å². The summed E-state index contributed by atoms with van der Waals surface area (Å²) in [6, 6.07) is 0.513. The lowest BCUT2D eigenvalue weighted by Crippen LogP contribution is -2.46. The third kappa shape index (κ3) is 9.85. The van der Waals surface area contributed by atoms with E-state index >= 15 is 0 Å². The zero-order valence-corrected chi connectivity index (χ0v) is 19.9. The van der Waals surface area contributed by atoms with E-state index in [1.165, 1.54) is 31.4 Å². The molecule has 144 valence electrons. The molecule has 3 unspecified atom stereocenters. The van der Waals surface area contributed by atoms with Crippen molar-refractivity contribution < 1.29 is 4.21 Å². The molecule has 0 radical (unpaired) electrons. The van der Waals surface area contributed by atoms with Gasteiger partial charge in [-0.15, -0.1) is 24.0 Å². The van der Waals surface area contributed by atoms with Crippen LogP contribution in [0.5, 0.6) is 0 Å². The first-order valence-corrected chi connectivity index (χ1v) is 11.3. The Morgan fingerprint density at radius 3 is 2.58 bits per heavy atom. The van der Waals surface area contributed by atoms with Gasteiger partial charge in [0, 0.05) is 39.1 Å². The first-order valence-electron chi connectivity index (χ1n) is 8.91. The summed E-state index contributed by atoms with van der Waals surface area (Å²) in [5, 5.41) is 7.69. The third-order valence-corrected chi connectivity index (χ3v) is 7.10. The van der Waals surface area contributed by atoms with Crippen LogP contribution in [0.3, 0.4) is 0 Å². The molecular formula is C17H36IN3OS2. The molecule has 0 spiro atoms. The minimum atomic E-state index is -0.839. The van der Waals surface area contributed by atoms with E-state index in [1.54, 1.807) is 0 Å². The summed E-state index contributed by atoms with van der Waals surface area (Å²) in [4.78, 5) is 4.63. The summed E-state index contributed by atoms with van der Waals surface area (Å²) >= 11 is 2.08. The number of halogens is 1. The lowest BCUT2D eigenvalue weighted by molar-refractivity contribution is 0.419. The highest BCUT2D eigenvalue weighted by molar-refractivity contribution is 14.0. The van der Waals surface area contributed by atoms with Gasteiger partial charge in [-0.1, -0.05) is 13.3 Å². The molecule has 2 N–H and O–H groups in total. The van der Waals surface area contributed by atoms with Crippen molar-refractivity contribution in [3.63, 3.8) is 0 Å². The molecule has 3 atom stereocenters. The molecule has 0 heterocycles. The van der Waals surface area contributed by atoms with Crippen molar-refractivity contribution in [2.75, 3.05) is 24.6 Å². The molecular weight excluding hydrogens is 453 g/mol. The van der Waals surface area contributed by atoms with E-state index in [-0.39, 0.29) is 28.7 Å². The van der Waals surface area contributed by atoms with Gasteiger partial charge in [-0.2, -0.15) is 11.8 Å². The minimum absolute atomic E-state index is 0. The standard InChI is InChI=1S/C17H35N3OS2.HI/c1-6-18-16(19-11-12-23(21)17(3,4)5)20-14-9-8-10-15(13-14)22-7-2;/h14-15H,6-13H2,1-5H3,(H2,18,19,20);1H. The molecule has 0 aliphatic heterocycles. The highest BCUT2D eigenvalue weighted by Gasteiger charge is 2.23. The second kappa shape index (κ2) is 12.8. The van der Waals surface area contributed by atoms with Gasteiger partial charge < -0.3 is 10.6 Å². The summed E-state index contributed by atoms with van der Waals surface area (Å²) in [7, 11) is -0.839. The molecule has 7 heteroatoms. The van der Waals surface area contributed by atoms with Crippen molar-refractivity contribution in [3.8, 4) is 0 Å². The molecule has 0 amide bonds. The molecule has 0 aromatic rings. The van der Waals surface area contributed by atoms with E-state index in [2.05, 4.69) is 41.2 Å². The molecule has 4 nitrogen and oxygen atoms in total. The van der Waals surface area contributed by atoms with Gasteiger partial charge in [-0.25, -0.2) is 0 Å². The monoisotopic (exact) mass is 489 g/mol. The topological polar surface area (TPSA) is 53.5 Å². The predicted molar refractivity (Wildman–Crippen MR) is 121 cm³/mol. The summed E-state index contributed by atoms with van der Waals surface area (Å²) in [5.41, 5.74) is 0. The maximum absolute atomic E-state index is 12.1. The first-order chi connectivity index (χ1) is 10.9. The second-order valence-corrected chi connectivity index (χ2v) is 10.9.